The summed E-state index contributed by atoms with van der Waals surface area (Å²) >= 11 is 5.86. The Kier molecular flexibility index (Phi) is 4.66. The van der Waals surface area contributed by atoms with Crippen LogP contribution in [0.1, 0.15) is 12.0 Å². The van der Waals surface area contributed by atoms with Crippen LogP contribution in [0.5, 0.6) is 5.75 Å². The molecule has 0 fully saturated rings. The minimum absolute atomic E-state index is 0.0203. The number of aryl methyl sites for hydroxylation is 1. The summed E-state index contributed by atoms with van der Waals surface area (Å²) in [4.78, 5) is 29.8. The van der Waals surface area contributed by atoms with E-state index in [9.17, 15) is 9.59 Å². The van der Waals surface area contributed by atoms with Gasteiger partial charge >= 0.3 is 0 Å². The molecule has 1 N–H and O–H groups in total. The molecule has 6 nitrogen and oxygen atoms in total. The Balaban J connectivity index is 1.67. The van der Waals surface area contributed by atoms with Crippen molar-refractivity contribution >= 4 is 34.9 Å². The third-order valence-corrected chi connectivity index (χ3v) is 3.84. The zero-order valence-electron chi connectivity index (χ0n) is 13.1. The van der Waals surface area contributed by atoms with Gasteiger partial charge in [0, 0.05) is 24.2 Å². The predicted molar refractivity (Wildman–Crippen MR) is 91.5 cm³/mol. The van der Waals surface area contributed by atoms with Gasteiger partial charge in [-0.1, -0.05) is 17.7 Å². The van der Waals surface area contributed by atoms with Crippen molar-refractivity contribution in [1.82, 2.24) is 4.98 Å². The first-order chi connectivity index (χ1) is 11.5. The Morgan fingerprint density at radius 2 is 2.21 bits per heavy atom. The van der Waals surface area contributed by atoms with Crippen LogP contribution in [-0.4, -0.2) is 29.9 Å². The fourth-order valence-electron chi connectivity index (χ4n) is 2.45. The average molecular weight is 346 g/mol. The number of fused-ring (bicyclic) bond motifs is 1. The Hall–Kier alpha value is -2.60. The summed E-state index contributed by atoms with van der Waals surface area (Å²) in [6.45, 7) is 2.19. The molecule has 0 radical (unpaired) electrons. The number of hydrogen-bond donors (Lipinski definition) is 1. The summed E-state index contributed by atoms with van der Waals surface area (Å²) in [5.74, 6) is 0.634. The number of anilines is 2. The first-order valence-electron chi connectivity index (χ1n) is 7.48. The van der Waals surface area contributed by atoms with Gasteiger partial charge in [0.05, 0.1) is 5.69 Å². The zero-order valence-corrected chi connectivity index (χ0v) is 13.8. The van der Waals surface area contributed by atoms with E-state index >= 15 is 0 Å². The molecule has 24 heavy (non-hydrogen) atoms. The first kappa shape index (κ1) is 16.3. The fourth-order valence-corrected chi connectivity index (χ4v) is 2.61. The van der Waals surface area contributed by atoms with Crippen molar-refractivity contribution in [3.63, 3.8) is 0 Å². The Morgan fingerprint density at radius 3 is 3.00 bits per heavy atom. The van der Waals surface area contributed by atoms with Gasteiger partial charge < -0.3 is 15.0 Å². The topological polar surface area (TPSA) is 71.5 Å². The number of hydrogen-bond acceptors (Lipinski definition) is 4. The number of carbonyl (C=O) groups excluding carboxylic acids is 2. The molecule has 0 spiro atoms. The second-order valence-electron chi connectivity index (χ2n) is 5.46. The molecule has 0 atom stereocenters. The Labute approximate surface area is 144 Å². The van der Waals surface area contributed by atoms with E-state index in [1.54, 1.807) is 17.0 Å². The number of ether oxygens (including phenoxy) is 1. The molecule has 0 saturated heterocycles. The van der Waals surface area contributed by atoms with E-state index in [-0.39, 0.29) is 31.4 Å². The second-order valence-corrected chi connectivity index (χ2v) is 5.90. The third kappa shape index (κ3) is 3.65. The largest absolute Gasteiger partial charge is 0.482 e. The van der Waals surface area contributed by atoms with Crippen LogP contribution >= 0.6 is 11.6 Å². The number of nitrogens with zero attached hydrogens (tertiary/aromatic N) is 2. The van der Waals surface area contributed by atoms with Crippen LogP contribution in [0.2, 0.25) is 5.02 Å². The first-order valence-corrected chi connectivity index (χ1v) is 7.86. The summed E-state index contributed by atoms with van der Waals surface area (Å²) in [6, 6.07) is 8.83. The molecule has 0 bridgehead atoms. The zero-order chi connectivity index (χ0) is 17.1. The normalized spacial score (nSPS) is 13.2. The maximum atomic E-state index is 12.1. The van der Waals surface area contributed by atoms with Gasteiger partial charge in [0.1, 0.15) is 11.6 Å². The molecule has 1 aromatic heterocycles. The van der Waals surface area contributed by atoms with Gasteiger partial charge in [0.2, 0.25) is 5.91 Å². The van der Waals surface area contributed by atoms with E-state index in [0.717, 1.165) is 5.56 Å². The molecule has 3 rings (SSSR count). The van der Waals surface area contributed by atoms with Crippen molar-refractivity contribution in [3.05, 3.63) is 47.1 Å². The molecule has 0 saturated carbocycles. The summed E-state index contributed by atoms with van der Waals surface area (Å²) < 4.78 is 5.42. The van der Waals surface area contributed by atoms with E-state index in [2.05, 4.69) is 10.3 Å². The van der Waals surface area contributed by atoms with Crippen molar-refractivity contribution < 1.29 is 14.3 Å². The van der Waals surface area contributed by atoms with E-state index in [4.69, 9.17) is 16.3 Å². The maximum Gasteiger partial charge on any atom is 0.265 e. The highest BCUT2D eigenvalue weighted by Crippen LogP contribution is 2.32. The minimum atomic E-state index is -0.238. The van der Waals surface area contributed by atoms with Crippen LogP contribution in [0.3, 0.4) is 0 Å². The lowest BCUT2D eigenvalue weighted by Crippen LogP contribution is -2.40. The van der Waals surface area contributed by atoms with Crippen LogP contribution in [0, 0.1) is 6.92 Å². The van der Waals surface area contributed by atoms with E-state index in [1.807, 2.05) is 25.1 Å². The number of aromatic nitrogens is 1. The lowest BCUT2D eigenvalue weighted by atomic mass is 10.1. The molecule has 0 aliphatic carbocycles. The SMILES string of the molecule is Cc1ccc2c(c1)N(CCC(=O)Nc1cc(Cl)ccn1)C(=O)CO2. The van der Waals surface area contributed by atoms with Gasteiger partial charge in [0.15, 0.2) is 6.61 Å². The van der Waals surface area contributed by atoms with Crippen molar-refractivity contribution in [2.75, 3.05) is 23.4 Å². The van der Waals surface area contributed by atoms with Crippen LogP contribution in [0.15, 0.2) is 36.5 Å². The number of nitrogens with one attached hydrogen (secondary N) is 1. The van der Waals surface area contributed by atoms with Crippen molar-refractivity contribution in [3.8, 4) is 5.75 Å². The molecular formula is C17H16ClN3O3. The Morgan fingerprint density at radius 1 is 1.38 bits per heavy atom. The number of pyridine rings is 1. The molecular weight excluding hydrogens is 330 g/mol. The van der Waals surface area contributed by atoms with Crippen LogP contribution in [0.4, 0.5) is 11.5 Å². The number of halogens is 1. The second kappa shape index (κ2) is 6.88. The number of benzene rings is 1. The standard InChI is InChI=1S/C17H16ClN3O3/c1-11-2-3-14-13(8-11)21(17(23)10-24-14)7-5-16(22)20-15-9-12(18)4-6-19-15/h2-4,6,8-9H,5,7,10H2,1H3,(H,19,20,22). The van der Waals surface area contributed by atoms with E-state index in [1.165, 1.54) is 6.20 Å². The lowest BCUT2D eigenvalue weighted by Gasteiger charge is -2.29. The highest BCUT2D eigenvalue weighted by molar-refractivity contribution is 6.30. The molecule has 124 valence electrons. The van der Waals surface area contributed by atoms with E-state index in [0.29, 0.717) is 22.3 Å². The van der Waals surface area contributed by atoms with Crippen LogP contribution in [0.25, 0.3) is 0 Å². The quantitative estimate of drug-likeness (QED) is 0.925. The molecule has 1 aliphatic heterocycles. The summed E-state index contributed by atoms with van der Waals surface area (Å²) in [5, 5.41) is 3.16. The summed E-state index contributed by atoms with van der Waals surface area (Å²) in [6.07, 6.45) is 1.66. The predicted octanol–water partition coefficient (Wildman–Crippen LogP) is 2.80. The third-order valence-electron chi connectivity index (χ3n) is 3.61. The van der Waals surface area contributed by atoms with Gasteiger partial charge in [-0.05, 0) is 36.8 Å². The summed E-state index contributed by atoms with van der Waals surface area (Å²) in [5.41, 5.74) is 1.71. The molecule has 1 aliphatic rings. The highest BCUT2D eigenvalue weighted by Gasteiger charge is 2.25. The lowest BCUT2D eigenvalue weighted by molar-refractivity contribution is -0.121. The highest BCUT2D eigenvalue weighted by atomic mass is 35.5. The number of amides is 2. The van der Waals surface area contributed by atoms with Crippen LogP contribution < -0.4 is 15.0 Å². The van der Waals surface area contributed by atoms with Gasteiger partial charge in [0.25, 0.3) is 5.91 Å². The molecule has 0 unspecified atom stereocenters. The molecule has 1 aromatic carbocycles. The molecule has 2 aromatic rings. The number of rotatable bonds is 4. The number of carbonyl (C=O) groups is 2. The summed E-state index contributed by atoms with van der Waals surface area (Å²) in [7, 11) is 0. The van der Waals surface area contributed by atoms with Crippen LogP contribution in [-0.2, 0) is 9.59 Å². The minimum Gasteiger partial charge on any atom is -0.482 e. The molecule has 2 amide bonds. The van der Waals surface area contributed by atoms with Gasteiger partial charge in [-0.25, -0.2) is 4.98 Å². The maximum absolute atomic E-state index is 12.1. The smallest absolute Gasteiger partial charge is 0.265 e. The molecule has 2 heterocycles. The Bertz CT molecular complexity index is 794. The monoisotopic (exact) mass is 345 g/mol. The van der Waals surface area contributed by atoms with Crippen molar-refractivity contribution in [1.29, 1.82) is 0 Å². The van der Waals surface area contributed by atoms with Gasteiger partial charge in [-0.3, -0.25) is 9.59 Å². The molecule has 7 heteroatoms. The average Bonchev–Trinajstić information content (AvgIpc) is 2.54. The van der Waals surface area contributed by atoms with Crippen molar-refractivity contribution in [2.24, 2.45) is 0 Å². The van der Waals surface area contributed by atoms with Gasteiger partial charge in [-0.15, -0.1) is 0 Å². The van der Waals surface area contributed by atoms with E-state index < -0.39 is 0 Å². The van der Waals surface area contributed by atoms with Gasteiger partial charge in [-0.2, -0.15) is 0 Å². The fraction of sp³-hybridized carbons (Fsp3) is 0.235. The van der Waals surface area contributed by atoms with Crippen molar-refractivity contribution in [2.45, 2.75) is 13.3 Å².